The maximum atomic E-state index is 11.9. The molecule has 0 spiro atoms. The highest BCUT2D eigenvalue weighted by Gasteiger charge is 2.31. The van der Waals surface area contributed by atoms with Gasteiger partial charge in [-0.2, -0.15) is 12.0 Å². The van der Waals surface area contributed by atoms with E-state index < -0.39 is 26.7 Å². The number of rotatable bonds is 8. The summed E-state index contributed by atoms with van der Waals surface area (Å²) < 4.78 is 38.8. The molecule has 0 N–H and O–H groups in total. The minimum absolute atomic E-state index is 0.0245. The van der Waals surface area contributed by atoms with E-state index in [4.69, 9.17) is 8.37 Å². The normalized spacial score (nSPS) is 12.9. The number of hydrogen-bond donors (Lipinski definition) is 0. The molecule has 0 fully saturated rings. The minimum Gasteiger partial charge on any atom is -0.427 e. The summed E-state index contributed by atoms with van der Waals surface area (Å²) in [5.41, 5.74) is 0. The molecule has 22 heavy (non-hydrogen) atoms. The molecule has 0 atom stereocenters. The van der Waals surface area contributed by atoms with E-state index in [0.717, 1.165) is 4.90 Å². The largest absolute Gasteiger partial charge is 0.427 e. The lowest BCUT2D eigenvalue weighted by Gasteiger charge is -2.36. The summed E-state index contributed by atoms with van der Waals surface area (Å²) in [7, 11) is -6.07. The first-order chi connectivity index (χ1) is 10.3. The van der Waals surface area contributed by atoms with Crippen molar-refractivity contribution in [2.75, 3.05) is 18.1 Å². The molecule has 1 aromatic rings. The topological polar surface area (TPSA) is 78.9 Å². The van der Waals surface area contributed by atoms with Crippen LogP contribution in [0.1, 0.15) is 27.7 Å². The molecule has 1 aromatic carbocycles. The van der Waals surface area contributed by atoms with E-state index >= 15 is 0 Å². The zero-order valence-corrected chi connectivity index (χ0v) is 14.8. The molecule has 0 unspecified atom stereocenters. The van der Waals surface area contributed by atoms with Crippen molar-refractivity contribution in [2.24, 2.45) is 0 Å². The van der Waals surface area contributed by atoms with E-state index in [0.29, 0.717) is 17.3 Å². The summed E-state index contributed by atoms with van der Waals surface area (Å²) in [5.74, 6) is 1.06. The van der Waals surface area contributed by atoms with Gasteiger partial charge in [-0.25, -0.2) is 4.18 Å². The van der Waals surface area contributed by atoms with Crippen LogP contribution in [0.4, 0.5) is 0 Å². The molecule has 0 saturated heterocycles. The van der Waals surface area contributed by atoms with Crippen LogP contribution in [0.15, 0.2) is 29.2 Å². The molecule has 0 aliphatic rings. The number of ether oxygens (including phenoxy) is 1. The first-order valence-electron chi connectivity index (χ1n) is 6.96. The zero-order valence-electron chi connectivity index (χ0n) is 13.2. The van der Waals surface area contributed by atoms with Gasteiger partial charge in [0, 0.05) is 23.3 Å². The van der Waals surface area contributed by atoms with Crippen molar-refractivity contribution >= 4 is 26.7 Å². The van der Waals surface area contributed by atoms with Crippen LogP contribution in [-0.2, 0) is 23.0 Å². The molecule has 0 aliphatic heterocycles. The van der Waals surface area contributed by atoms with E-state index in [1.165, 1.54) is 6.92 Å². The molecule has 0 amide bonds. The molecule has 0 bridgehead atoms. The number of hydrogen-bond acceptors (Lipinski definition) is 6. The molecule has 0 heterocycles. The minimum atomic E-state index is -4.04. The van der Waals surface area contributed by atoms with Gasteiger partial charge in [-0.15, -0.1) is 0 Å². The van der Waals surface area contributed by atoms with Gasteiger partial charge in [-0.3, -0.25) is 4.79 Å². The van der Waals surface area contributed by atoms with Gasteiger partial charge in [0.1, 0.15) is 5.75 Å². The smallest absolute Gasteiger partial charge is 0.409 e. The molecule has 126 valence electrons. The summed E-state index contributed by atoms with van der Waals surface area (Å²) in [6, 6.07) is 6.70. The molecule has 6 nitrogen and oxygen atoms in total. The Bertz CT molecular complexity index is 590. The lowest BCUT2D eigenvalue weighted by Crippen LogP contribution is -2.18. The monoisotopic (exact) mass is 350 g/mol. The molecule has 1 rings (SSSR count). The highest BCUT2D eigenvalue weighted by atomic mass is 32.3. The Hall–Kier alpha value is -1.09. The lowest BCUT2D eigenvalue weighted by molar-refractivity contribution is -0.131. The van der Waals surface area contributed by atoms with E-state index in [1.54, 1.807) is 31.2 Å². The third-order valence-electron chi connectivity index (χ3n) is 2.92. The van der Waals surface area contributed by atoms with Crippen LogP contribution >= 0.6 is 10.3 Å². The second-order valence-corrected chi connectivity index (χ2v) is 9.18. The van der Waals surface area contributed by atoms with Crippen LogP contribution < -0.4 is 4.74 Å². The van der Waals surface area contributed by atoms with Gasteiger partial charge in [-0.1, -0.05) is 24.2 Å². The SMILES string of the molecule is CCOS(=O)(=O)OS(CC)(CC)c1ccc(OC(C)=O)cc1. The van der Waals surface area contributed by atoms with Crippen LogP contribution in [0, 0.1) is 0 Å². The van der Waals surface area contributed by atoms with Crippen molar-refractivity contribution in [3.63, 3.8) is 0 Å². The van der Waals surface area contributed by atoms with Crippen molar-refractivity contribution in [1.82, 2.24) is 0 Å². The van der Waals surface area contributed by atoms with Crippen molar-refractivity contribution in [1.29, 1.82) is 0 Å². The summed E-state index contributed by atoms with van der Waals surface area (Å²) >= 11 is 0. The predicted molar refractivity (Wildman–Crippen MR) is 86.3 cm³/mol. The van der Waals surface area contributed by atoms with Gasteiger partial charge in [0.05, 0.1) is 6.61 Å². The van der Waals surface area contributed by atoms with Crippen LogP contribution in [0.3, 0.4) is 0 Å². The fraction of sp³-hybridized carbons (Fsp3) is 0.500. The van der Waals surface area contributed by atoms with Crippen molar-refractivity contribution < 1.29 is 25.8 Å². The quantitative estimate of drug-likeness (QED) is 0.530. The standard InChI is InChI=1S/C14H22O6S2/c1-5-18-22(16,17)20-21(6-2,7-3)14-10-8-13(9-11-14)19-12(4)15/h8-11H,5-7H2,1-4H3. The summed E-state index contributed by atoms with van der Waals surface area (Å²) in [4.78, 5) is 11.7. The predicted octanol–water partition coefficient (Wildman–Crippen LogP) is 3.03. The van der Waals surface area contributed by atoms with Crippen LogP contribution in [0.25, 0.3) is 0 Å². The van der Waals surface area contributed by atoms with Crippen molar-refractivity contribution in [2.45, 2.75) is 32.6 Å². The number of carbonyl (C=O) groups excluding carboxylic acids is 1. The summed E-state index contributed by atoms with van der Waals surface area (Å²) in [6.45, 7) is 6.68. The molecular weight excluding hydrogens is 328 g/mol. The Labute approximate surface area is 133 Å². The van der Waals surface area contributed by atoms with Gasteiger partial charge in [0.2, 0.25) is 0 Å². The van der Waals surface area contributed by atoms with E-state index in [2.05, 4.69) is 4.18 Å². The van der Waals surface area contributed by atoms with Gasteiger partial charge < -0.3 is 4.74 Å². The fourth-order valence-electron chi connectivity index (χ4n) is 1.92. The fourth-order valence-corrected chi connectivity index (χ4v) is 6.43. The third-order valence-corrected chi connectivity index (χ3v) is 8.15. The summed E-state index contributed by atoms with van der Waals surface area (Å²) in [6.07, 6.45) is 0. The van der Waals surface area contributed by atoms with Crippen molar-refractivity contribution in [3.05, 3.63) is 24.3 Å². The number of carbonyl (C=O) groups is 1. The van der Waals surface area contributed by atoms with Crippen molar-refractivity contribution in [3.8, 4) is 5.75 Å². The molecule has 0 aliphatic carbocycles. The number of esters is 1. The van der Waals surface area contributed by atoms with Gasteiger partial charge >= 0.3 is 16.4 Å². The zero-order chi connectivity index (χ0) is 16.8. The first kappa shape index (κ1) is 19.0. The lowest BCUT2D eigenvalue weighted by atomic mass is 10.3. The van der Waals surface area contributed by atoms with Crippen LogP contribution in [0.5, 0.6) is 5.75 Å². The highest BCUT2D eigenvalue weighted by Crippen LogP contribution is 2.57. The van der Waals surface area contributed by atoms with Gasteiger partial charge in [0.15, 0.2) is 0 Å². The molecule has 0 saturated carbocycles. The molecule has 8 heteroatoms. The second-order valence-electron chi connectivity index (χ2n) is 4.34. The van der Waals surface area contributed by atoms with E-state index in [1.807, 2.05) is 13.8 Å². The Morgan fingerprint density at radius 2 is 1.59 bits per heavy atom. The average molecular weight is 350 g/mol. The van der Waals surface area contributed by atoms with Gasteiger partial charge in [-0.05, 0) is 31.2 Å². The molecule has 0 aromatic heterocycles. The van der Waals surface area contributed by atoms with Gasteiger partial charge in [0.25, 0.3) is 0 Å². The second kappa shape index (κ2) is 7.96. The maximum Gasteiger partial charge on any atom is 0.409 e. The Morgan fingerprint density at radius 1 is 1.05 bits per heavy atom. The third kappa shape index (κ3) is 4.98. The molecular formula is C14H22O6S2. The highest BCUT2D eigenvalue weighted by molar-refractivity contribution is 8.32. The summed E-state index contributed by atoms with van der Waals surface area (Å²) in [5, 5.41) is 0. The van der Waals surface area contributed by atoms with Crippen LogP contribution in [-0.4, -0.2) is 32.5 Å². The Kier molecular flexibility index (Phi) is 6.86. The number of benzene rings is 1. The first-order valence-corrected chi connectivity index (χ1v) is 10.2. The van der Waals surface area contributed by atoms with Crippen LogP contribution in [0.2, 0.25) is 0 Å². The van der Waals surface area contributed by atoms with E-state index in [-0.39, 0.29) is 6.61 Å². The molecule has 0 radical (unpaired) electrons. The Morgan fingerprint density at radius 3 is 2.00 bits per heavy atom. The Balaban J connectivity index is 3.11. The maximum absolute atomic E-state index is 11.9. The van der Waals surface area contributed by atoms with E-state index in [9.17, 15) is 13.2 Å². The average Bonchev–Trinajstić information content (AvgIpc) is 2.45.